The first-order valence-electron chi connectivity index (χ1n) is 5.58. The van der Waals surface area contributed by atoms with Gasteiger partial charge in [-0.25, -0.2) is 4.79 Å². The highest BCUT2D eigenvalue weighted by atomic mass is 16.4. The summed E-state index contributed by atoms with van der Waals surface area (Å²) in [4.78, 5) is 33.3. The molecule has 19 heavy (non-hydrogen) atoms. The van der Waals surface area contributed by atoms with Crippen molar-refractivity contribution in [1.82, 2.24) is 0 Å². The summed E-state index contributed by atoms with van der Waals surface area (Å²) in [7, 11) is 0. The minimum absolute atomic E-state index is 0.0401. The van der Waals surface area contributed by atoms with Gasteiger partial charge >= 0.3 is 5.63 Å². The molecule has 6 heteroatoms. The molecule has 3 N–H and O–H groups in total. The van der Waals surface area contributed by atoms with E-state index in [9.17, 15) is 14.4 Å². The molecule has 98 valence electrons. The van der Waals surface area contributed by atoms with Crippen molar-refractivity contribution in [3.05, 3.63) is 40.2 Å². The zero-order valence-corrected chi connectivity index (χ0v) is 10.2. The molecule has 1 heterocycles. The molecule has 0 saturated heterocycles. The predicted molar refractivity (Wildman–Crippen MR) is 69.7 cm³/mol. The zero-order valence-electron chi connectivity index (χ0n) is 10.2. The minimum atomic E-state index is -0.566. The molecular weight excluding hydrogens is 248 g/mol. The Balaban J connectivity index is 2.57. The van der Waals surface area contributed by atoms with Gasteiger partial charge in [-0.05, 0) is 17.7 Å². The largest absolute Gasteiger partial charge is 0.423 e. The number of fused-ring (bicyclic) bond motifs is 1. The lowest BCUT2D eigenvalue weighted by Gasteiger charge is -2.06. The molecule has 2 aromatic rings. The van der Waals surface area contributed by atoms with Crippen LogP contribution in [0, 0.1) is 0 Å². The number of carbonyl (C=O) groups is 2. The molecule has 2 rings (SSSR count). The summed E-state index contributed by atoms with van der Waals surface area (Å²) in [6.45, 7) is 1.38. The van der Waals surface area contributed by atoms with Crippen LogP contribution in [0.4, 0.5) is 5.69 Å². The van der Waals surface area contributed by atoms with E-state index in [1.54, 1.807) is 12.1 Å². The van der Waals surface area contributed by atoms with Crippen LogP contribution in [-0.2, 0) is 16.0 Å². The van der Waals surface area contributed by atoms with Crippen LogP contribution in [0.3, 0.4) is 0 Å². The Morgan fingerprint density at radius 2 is 2.05 bits per heavy atom. The van der Waals surface area contributed by atoms with Crippen molar-refractivity contribution in [2.24, 2.45) is 5.73 Å². The lowest BCUT2D eigenvalue weighted by atomic mass is 10.1. The molecule has 0 bridgehead atoms. The van der Waals surface area contributed by atoms with Gasteiger partial charge in [0.1, 0.15) is 5.58 Å². The van der Waals surface area contributed by atoms with Crippen LogP contribution in [0.25, 0.3) is 11.0 Å². The Hall–Kier alpha value is -2.63. The van der Waals surface area contributed by atoms with Crippen LogP contribution in [0.15, 0.2) is 33.5 Å². The molecule has 1 aromatic carbocycles. The van der Waals surface area contributed by atoms with Gasteiger partial charge in [-0.3, -0.25) is 9.59 Å². The third kappa shape index (κ3) is 2.98. The van der Waals surface area contributed by atoms with E-state index in [4.69, 9.17) is 10.2 Å². The van der Waals surface area contributed by atoms with Crippen LogP contribution in [0.1, 0.15) is 12.5 Å². The number of nitrogens with two attached hydrogens (primary N) is 1. The predicted octanol–water partition coefficient (Wildman–Crippen LogP) is 0.779. The smallest absolute Gasteiger partial charge is 0.336 e. The fourth-order valence-electron chi connectivity index (χ4n) is 1.84. The lowest BCUT2D eigenvalue weighted by Crippen LogP contribution is -2.15. The summed E-state index contributed by atoms with van der Waals surface area (Å²) in [5, 5.41) is 3.20. The summed E-state index contributed by atoms with van der Waals surface area (Å²) in [5.41, 5.74) is 5.89. The lowest BCUT2D eigenvalue weighted by molar-refractivity contribution is -0.117. The summed E-state index contributed by atoms with van der Waals surface area (Å²) < 4.78 is 5.05. The molecule has 0 fully saturated rings. The summed E-state index contributed by atoms with van der Waals surface area (Å²) in [5.74, 6) is -0.757. The number of rotatable bonds is 3. The van der Waals surface area contributed by atoms with E-state index in [0.717, 1.165) is 0 Å². The minimum Gasteiger partial charge on any atom is -0.423 e. The molecule has 0 saturated carbocycles. The first kappa shape index (κ1) is 12.8. The normalized spacial score (nSPS) is 10.4. The standard InChI is InChI=1S/C13H12N2O4/c1-7(16)15-9-2-3-10-8(4-12(14)17)5-13(18)19-11(10)6-9/h2-3,5-6H,4H2,1H3,(H2,14,17)(H,15,16). The third-order valence-electron chi connectivity index (χ3n) is 2.52. The molecule has 6 nitrogen and oxygen atoms in total. The highest BCUT2D eigenvalue weighted by molar-refractivity contribution is 5.93. The summed E-state index contributed by atoms with van der Waals surface area (Å²) in [6.07, 6.45) is -0.0401. The van der Waals surface area contributed by atoms with Crippen molar-refractivity contribution < 1.29 is 14.0 Å². The second-order valence-corrected chi connectivity index (χ2v) is 4.13. The highest BCUT2D eigenvalue weighted by Gasteiger charge is 2.09. The Labute approximate surface area is 108 Å². The maximum Gasteiger partial charge on any atom is 0.336 e. The first-order valence-corrected chi connectivity index (χ1v) is 5.58. The van der Waals surface area contributed by atoms with Gasteiger partial charge in [-0.15, -0.1) is 0 Å². The van der Waals surface area contributed by atoms with Gasteiger partial charge in [0.05, 0.1) is 6.42 Å². The Bertz CT molecular complexity index is 718. The number of nitrogens with one attached hydrogen (secondary N) is 1. The molecule has 0 aliphatic heterocycles. The van der Waals surface area contributed by atoms with Gasteiger partial charge < -0.3 is 15.5 Å². The quantitative estimate of drug-likeness (QED) is 0.796. The SMILES string of the molecule is CC(=O)Nc1ccc2c(CC(N)=O)cc(=O)oc2c1. The van der Waals surface area contributed by atoms with Crippen LogP contribution < -0.4 is 16.7 Å². The maximum atomic E-state index is 11.4. The second kappa shape index (κ2) is 4.93. The van der Waals surface area contributed by atoms with Crippen molar-refractivity contribution in [2.45, 2.75) is 13.3 Å². The molecule has 0 aliphatic carbocycles. The van der Waals surface area contributed by atoms with Gasteiger partial charge in [-0.1, -0.05) is 0 Å². The second-order valence-electron chi connectivity index (χ2n) is 4.13. The van der Waals surface area contributed by atoms with Crippen molar-refractivity contribution >= 4 is 28.5 Å². The Kier molecular flexibility index (Phi) is 3.33. The van der Waals surface area contributed by atoms with Crippen molar-refractivity contribution in [3.63, 3.8) is 0 Å². The van der Waals surface area contributed by atoms with Gasteiger partial charge in [0.2, 0.25) is 11.8 Å². The van der Waals surface area contributed by atoms with Gasteiger partial charge in [0, 0.05) is 30.1 Å². The molecule has 0 unspecified atom stereocenters. The topological polar surface area (TPSA) is 102 Å². The number of primary amides is 1. The summed E-state index contributed by atoms with van der Waals surface area (Å²) >= 11 is 0. The first-order chi connectivity index (χ1) is 8.95. The highest BCUT2D eigenvalue weighted by Crippen LogP contribution is 2.21. The number of carbonyl (C=O) groups excluding carboxylic acids is 2. The van der Waals surface area contributed by atoms with Crippen LogP contribution in [-0.4, -0.2) is 11.8 Å². The fourth-order valence-corrected chi connectivity index (χ4v) is 1.84. The molecule has 0 spiro atoms. The molecular formula is C13H12N2O4. The zero-order chi connectivity index (χ0) is 14.0. The van der Waals surface area contributed by atoms with Crippen molar-refractivity contribution in [3.8, 4) is 0 Å². The van der Waals surface area contributed by atoms with E-state index in [1.165, 1.54) is 19.1 Å². The van der Waals surface area contributed by atoms with Crippen LogP contribution >= 0.6 is 0 Å². The van der Waals surface area contributed by atoms with Crippen LogP contribution in [0.5, 0.6) is 0 Å². The van der Waals surface area contributed by atoms with E-state index in [1.807, 2.05) is 0 Å². The molecule has 2 amide bonds. The Morgan fingerprint density at radius 3 is 2.68 bits per heavy atom. The number of amides is 2. The van der Waals surface area contributed by atoms with Crippen molar-refractivity contribution in [2.75, 3.05) is 5.32 Å². The monoisotopic (exact) mass is 260 g/mol. The van der Waals surface area contributed by atoms with E-state index >= 15 is 0 Å². The fraction of sp³-hybridized carbons (Fsp3) is 0.154. The van der Waals surface area contributed by atoms with E-state index in [2.05, 4.69) is 5.32 Å². The van der Waals surface area contributed by atoms with Gasteiger partial charge in [-0.2, -0.15) is 0 Å². The van der Waals surface area contributed by atoms with Gasteiger partial charge in [0.15, 0.2) is 0 Å². The Morgan fingerprint density at radius 1 is 1.32 bits per heavy atom. The number of benzene rings is 1. The van der Waals surface area contributed by atoms with Gasteiger partial charge in [0.25, 0.3) is 0 Å². The average molecular weight is 260 g/mol. The number of hydrogen-bond donors (Lipinski definition) is 2. The van der Waals surface area contributed by atoms with E-state index < -0.39 is 11.5 Å². The number of hydrogen-bond acceptors (Lipinski definition) is 4. The summed E-state index contributed by atoms with van der Waals surface area (Å²) in [6, 6.07) is 6.10. The average Bonchev–Trinajstić information content (AvgIpc) is 2.26. The third-order valence-corrected chi connectivity index (χ3v) is 2.52. The number of anilines is 1. The van der Waals surface area contributed by atoms with Crippen LogP contribution in [0.2, 0.25) is 0 Å². The maximum absolute atomic E-state index is 11.4. The molecule has 0 atom stereocenters. The van der Waals surface area contributed by atoms with E-state index in [-0.39, 0.29) is 12.3 Å². The molecule has 1 aromatic heterocycles. The van der Waals surface area contributed by atoms with Crippen molar-refractivity contribution in [1.29, 1.82) is 0 Å². The molecule has 0 aliphatic rings. The van der Waals surface area contributed by atoms with E-state index in [0.29, 0.717) is 22.2 Å². The molecule has 0 radical (unpaired) electrons.